The zero-order valence-corrected chi connectivity index (χ0v) is 10.5. The zero-order chi connectivity index (χ0) is 14.0. The van der Waals surface area contributed by atoms with Crippen molar-refractivity contribution in [2.24, 2.45) is 11.7 Å². The van der Waals surface area contributed by atoms with E-state index in [1.54, 1.807) is 0 Å². The third kappa shape index (κ3) is 3.26. The molecule has 0 aliphatic heterocycles. The van der Waals surface area contributed by atoms with E-state index >= 15 is 0 Å². The van der Waals surface area contributed by atoms with E-state index in [-0.39, 0.29) is 5.92 Å². The Morgan fingerprint density at radius 2 is 1.74 bits per heavy atom. The largest absolute Gasteiger partial charge is 0.419 e. The van der Waals surface area contributed by atoms with Crippen LogP contribution in [0, 0.1) is 11.7 Å². The average molecular weight is 275 g/mol. The summed E-state index contributed by atoms with van der Waals surface area (Å²) >= 11 is 0. The van der Waals surface area contributed by atoms with Crippen LogP contribution in [0.25, 0.3) is 0 Å². The summed E-state index contributed by atoms with van der Waals surface area (Å²) < 4.78 is 51.2. The van der Waals surface area contributed by atoms with Gasteiger partial charge in [0, 0.05) is 6.04 Å². The van der Waals surface area contributed by atoms with E-state index in [0.717, 1.165) is 44.2 Å². The minimum Gasteiger partial charge on any atom is -0.324 e. The molecule has 2 rings (SSSR count). The predicted molar refractivity (Wildman–Crippen MR) is 64.9 cm³/mol. The molecule has 1 aromatic carbocycles. The molecule has 1 aliphatic rings. The van der Waals surface area contributed by atoms with E-state index in [9.17, 15) is 17.6 Å². The maximum atomic E-state index is 13.2. The number of halogens is 4. The van der Waals surface area contributed by atoms with Crippen LogP contribution in [0.15, 0.2) is 18.2 Å². The summed E-state index contributed by atoms with van der Waals surface area (Å²) in [5.41, 5.74) is 5.19. The molecule has 1 aromatic rings. The van der Waals surface area contributed by atoms with Crippen LogP contribution in [-0.4, -0.2) is 0 Å². The summed E-state index contributed by atoms with van der Waals surface area (Å²) in [5, 5.41) is 0. The van der Waals surface area contributed by atoms with E-state index < -0.39 is 23.6 Å². The summed E-state index contributed by atoms with van der Waals surface area (Å²) in [6, 6.07) is 2.64. The second kappa shape index (κ2) is 5.49. The number of benzene rings is 1. The SMILES string of the molecule is N[C@@H](c1ccc(F)c(C(F)(F)F)c1)C1CCCCC1. The molecule has 0 spiro atoms. The second-order valence-electron chi connectivity index (χ2n) is 5.16. The third-order valence-corrected chi connectivity index (χ3v) is 3.84. The number of rotatable bonds is 2. The minimum atomic E-state index is -4.67. The smallest absolute Gasteiger partial charge is 0.324 e. The van der Waals surface area contributed by atoms with Crippen molar-refractivity contribution < 1.29 is 17.6 Å². The van der Waals surface area contributed by atoms with E-state index in [4.69, 9.17) is 5.73 Å². The fraction of sp³-hybridized carbons (Fsp3) is 0.571. The maximum absolute atomic E-state index is 13.2. The summed E-state index contributed by atoms with van der Waals surface area (Å²) in [5.74, 6) is -1.05. The Hall–Kier alpha value is -1.10. The summed E-state index contributed by atoms with van der Waals surface area (Å²) in [6.07, 6.45) is 0.462. The van der Waals surface area contributed by atoms with Gasteiger partial charge in [0.05, 0.1) is 5.56 Å². The first-order chi connectivity index (χ1) is 8.89. The van der Waals surface area contributed by atoms with E-state index in [2.05, 4.69) is 0 Å². The molecule has 5 heteroatoms. The van der Waals surface area contributed by atoms with Crippen molar-refractivity contribution in [3.63, 3.8) is 0 Å². The number of nitrogens with two attached hydrogens (primary N) is 1. The lowest BCUT2D eigenvalue weighted by molar-refractivity contribution is -0.140. The van der Waals surface area contributed by atoms with Gasteiger partial charge in [0.15, 0.2) is 0 Å². The fourth-order valence-corrected chi connectivity index (χ4v) is 2.73. The number of alkyl halides is 3. The molecule has 0 saturated heterocycles. The van der Waals surface area contributed by atoms with Crippen LogP contribution >= 0.6 is 0 Å². The molecular formula is C14H17F4N. The molecule has 0 amide bonds. The Morgan fingerprint density at radius 1 is 1.11 bits per heavy atom. The molecule has 106 valence electrons. The van der Waals surface area contributed by atoms with Crippen molar-refractivity contribution in [1.82, 2.24) is 0 Å². The van der Waals surface area contributed by atoms with E-state index in [1.807, 2.05) is 0 Å². The molecule has 1 aliphatic carbocycles. The van der Waals surface area contributed by atoms with Crippen molar-refractivity contribution >= 4 is 0 Å². The van der Waals surface area contributed by atoms with Gasteiger partial charge in [-0.05, 0) is 36.5 Å². The van der Waals surface area contributed by atoms with Gasteiger partial charge in [-0.1, -0.05) is 25.3 Å². The molecule has 1 fully saturated rings. The quantitative estimate of drug-likeness (QED) is 0.794. The summed E-state index contributed by atoms with van der Waals surface area (Å²) in [4.78, 5) is 0. The lowest BCUT2D eigenvalue weighted by Gasteiger charge is -2.28. The van der Waals surface area contributed by atoms with Crippen molar-refractivity contribution in [2.45, 2.75) is 44.3 Å². The Balaban J connectivity index is 2.24. The van der Waals surface area contributed by atoms with Crippen molar-refractivity contribution in [1.29, 1.82) is 0 Å². The molecule has 1 atom stereocenters. The monoisotopic (exact) mass is 275 g/mol. The molecule has 19 heavy (non-hydrogen) atoms. The van der Waals surface area contributed by atoms with Crippen LogP contribution in [-0.2, 0) is 6.18 Å². The minimum absolute atomic E-state index is 0.195. The molecule has 0 unspecified atom stereocenters. The lowest BCUT2D eigenvalue weighted by Crippen LogP contribution is -2.24. The highest BCUT2D eigenvalue weighted by atomic mass is 19.4. The maximum Gasteiger partial charge on any atom is 0.419 e. The van der Waals surface area contributed by atoms with Gasteiger partial charge in [0.1, 0.15) is 5.82 Å². The van der Waals surface area contributed by atoms with Crippen LogP contribution < -0.4 is 5.73 Å². The van der Waals surface area contributed by atoms with Crippen LogP contribution in [0.4, 0.5) is 17.6 Å². The Morgan fingerprint density at radius 3 is 2.32 bits per heavy atom. The van der Waals surface area contributed by atoms with Crippen molar-refractivity contribution in [3.8, 4) is 0 Å². The van der Waals surface area contributed by atoms with Crippen LogP contribution in [0.1, 0.15) is 49.3 Å². The van der Waals surface area contributed by atoms with Crippen LogP contribution in [0.2, 0.25) is 0 Å². The summed E-state index contributed by atoms with van der Waals surface area (Å²) in [7, 11) is 0. The molecule has 2 N–H and O–H groups in total. The molecule has 1 nitrogen and oxygen atoms in total. The van der Waals surface area contributed by atoms with Crippen LogP contribution in [0.5, 0.6) is 0 Å². The van der Waals surface area contributed by atoms with Gasteiger partial charge >= 0.3 is 6.18 Å². The van der Waals surface area contributed by atoms with Gasteiger partial charge in [0.25, 0.3) is 0 Å². The zero-order valence-electron chi connectivity index (χ0n) is 10.5. The first-order valence-electron chi connectivity index (χ1n) is 6.52. The predicted octanol–water partition coefficient (Wildman–Crippen LogP) is 4.42. The highest BCUT2D eigenvalue weighted by Crippen LogP contribution is 2.36. The van der Waals surface area contributed by atoms with Crippen molar-refractivity contribution in [2.75, 3.05) is 0 Å². The van der Waals surface area contributed by atoms with Gasteiger partial charge in [-0.3, -0.25) is 0 Å². The third-order valence-electron chi connectivity index (χ3n) is 3.84. The standard InChI is InChI=1S/C14H17F4N/c15-12-7-6-10(8-11(12)14(16,17)18)13(19)9-4-2-1-3-5-9/h6-9,13H,1-5,19H2/t13-/m1/s1. The molecule has 0 aromatic heterocycles. The first-order valence-corrected chi connectivity index (χ1v) is 6.52. The van der Waals surface area contributed by atoms with Gasteiger partial charge < -0.3 is 5.73 Å². The first kappa shape index (κ1) is 14.3. The topological polar surface area (TPSA) is 26.0 Å². The van der Waals surface area contributed by atoms with Crippen molar-refractivity contribution in [3.05, 3.63) is 35.1 Å². The van der Waals surface area contributed by atoms with Gasteiger partial charge in [0.2, 0.25) is 0 Å². The second-order valence-corrected chi connectivity index (χ2v) is 5.16. The average Bonchev–Trinajstić information content (AvgIpc) is 2.38. The number of hydrogen-bond donors (Lipinski definition) is 1. The van der Waals surface area contributed by atoms with Gasteiger partial charge in [-0.15, -0.1) is 0 Å². The molecule has 0 radical (unpaired) electrons. The Labute approximate surface area is 109 Å². The highest BCUT2D eigenvalue weighted by molar-refractivity contribution is 5.29. The summed E-state index contributed by atoms with van der Waals surface area (Å²) in [6.45, 7) is 0. The number of hydrogen-bond acceptors (Lipinski definition) is 1. The highest BCUT2D eigenvalue weighted by Gasteiger charge is 2.35. The Kier molecular flexibility index (Phi) is 4.13. The molecular weight excluding hydrogens is 258 g/mol. The van der Waals surface area contributed by atoms with E-state index in [1.165, 1.54) is 6.07 Å². The molecule has 0 heterocycles. The van der Waals surface area contributed by atoms with Gasteiger partial charge in [-0.2, -0.15) is 13.2 Å². The molecule has 1 saturated carbocycles. The fourth-order valence-electron chi connectivity index (χ4n) is 2.73. The lowest BCUT2D eigenvalue weighted by atomic mass is 9.81. The van der Waals surface area contributed by atoms with Crippen LogP contribution in [0.3, 0.4) is 0 Å². The Bertz CT molecular complexity index is 436. The van der Waals surface area contributed by atoms with E-state index in [0.29, 0.717) is 5.56 Å². The normalized spacial score (nSPS) is 19.4. The molecule has 0 bridgehead atoms. The van der Waals surface area contributed by atoms with Gasteiger partial charge in [-0.25, -0.2) is 4.39 Å².